The average Bonchev–Trinajstić information content (AvgIpc) is 2.61. The summed E-state index contributed by atoms with van der Waals surface area (Å²) in [6, 6.07) is 18.5. The molecule has 0 unspecified atom stereocenters. The van der Waals surface area contributed by atoms with Crippen LogP contribution in [0.25, 0.3) is 0 Å². The fraction of sp³-hybridized carbons (Fsp3) is 0.100. The lowest BCUT2D eigenvalue weighted by Crippen LogP contribution is -2.01. The summed E-state index contributed by atoms with van der Waals surface area (Å²) < 4.78 is 5.85. The highest BCUT2D eigenvalue weighted by Gasteiger charge is 2.07. The van der Waals surface area contributed by atoms with Gasteiger partial charge >= 0.3 is 0 Å². The van der Waals surface area contributed by atoms with Crippen LogP contribution in [-0.2, 0) is 13.2 Å². The van der Waals surface area contributed by atoms with Crippen LogP contribution in [0.2, 0.25) is 20.1 Å². The standard InChI is InChI=1S/C20H15Cl4NO/c21-14-7-8-20(19(24)10-14)25-11-13-3-1-4-15(9-13)26-12-16-17(22)5-2-6-18(16)23/h1-10,25H,11-12H2. The molecule has 0 aliphatic heterocycles. The van der Waals surface area contributed by atoms with Crippen LogP contribution in [0.15, 0.2) is 60.7 Å². The van der Waals surface area contributed by atoms with Gasteiger partial charge in [0, 0.05) is 27.2 Å². The summed E-state index contributed by atoms with van der Waals surface area (Å²) in [5.74, 6) is 0.738. The van der Waals surface area contributed by atoms with Crippen LogP contribution in [0.3, 0.4) is 0 Å². The number of hydrogen-bond acceptors (Lipinski definition) is 2. The van der Waals surface area contributed by atoms with Crippen LogP contribution in [0.1, 0.15) is 11.1 Å². The highest BCUT2D eigenvalue weighted by atomic mass is 35.5. The Hall–Kier alpha value is -1.58. The zero-order valence-corrected chi connectivity index (χ0v) is 16.6. The van der Waals surface area contributed by atoms with Crippen LogP contribution in [0.5, 0.6) is 5.75 Å². The molecule has 0 aliphatic rings. The molecule has 2 nitrogen and oxygen atoms in total. The van der Waals surface area contributed by atoms with E-state index < -0.39 is 0 Å². The third kappa shape index (κ3) is 4.99. The van der Waals surface area contributed by atoms with Gasteiger partial charge in [0.05, 0.1) is 10.7 Å². The molecule has 0 bridgehead atoms. The fourth-order valence-corrected chi connectivity index (χ4v) is 3.38. The van der Waals surface area contributed by atoms with Gasteiger partial charge in [0.2, 0.25) is 0 Å². The second kappa shape index (κ2) is 8.88. The van der Waals surface area contributed by atoms with E-state index in [0.29, 0.717) is 33.2 Å². The number of hydrogen-bond donors (Lipinski definition) is 1. The van der Waals surface area contributed by atoms with E-state index >= 15 is 0 Å². The molecule has 0 aliphatic carbocycles. The van der Waals surface area contributed by atoms with Crippen LogP contribution < -0.4 is 10.1 Å². The van der Waals surface area contributed by atoms with Crippen molar-refractivity contribution in [2.45, 2.75) is 13.2 Å². The normalized spacial score (nSPS) is 10.6. The molecule has 0 aromatic heterocycles. The third-order valence-electron chi connectivity index (χ3n) is 3.76. The smallest absolute Gasteiger partial charge is 0.120 e. The first-order valence-corrected chi connectivity index (χ1v) is 9.37. The predicted molar refractivity (Wildman–Crippen MR) is 111 cm³/mol. The van der Waals surface area contributed by atoms with Gasteiger partial charge < -0.3 is 10.1 Å². The zero-order chi connectivity index (χ0) is 18.5. The molecule has 0 saturated heterocycles. The third-order valence-corrected chi connectivity index (χ3v) is 5.01. The fourth-order valence-electron chi connectivity index (χ4n) is 2.40. The molecule has 26 heavy (non-hydrogen) atoms. The van der Waals surface area contributed by atoms with Crippen LogP contribution in [0.4, 0.5) is 5.69 Å². The van der Waals surface area contributed by atoms with Crippen molar-refractivity contribution in [3.8, 4) is 5.75 Å². The minimum absolute atomic E-state index is 0.304. The van der Waals surface area contributed by atoms with Gasteiger partial charge in [-0.1, -0.05) is 64.6 Å². The lowest BCUT2D eigenvalue weighted by molar-refractivity contribution is 0.306. The number of anilines is 1. The summed E-state index contributed by atoms with van der Waals surface area (Å²) in [5.41, 5.74) is 2.65. The van der Waals surface area contributed by atoms with Crippen LogP contribution >= 0.6 is 46.4 Å². The Bertz CT molecular complexity index is 894. The summed E-state index contributed by atoms with van der Waals surface area (Å²) in [6.45, 7) is 0.907. The van der Waals surface area contributed by atoms with E-state index in [-0.39, 0.29) is 0 Å². The molecular formula is C20H15Cl4NO. The second-order valence-corrected chi connectivity index (χ2v) is 7.27. The maximum atomic E-state index is 6.18. The molecule has 0 saturated carbocycles. The minimum Gasteiger partial charge on any atom is -0.489 e. The van der Waals surface area contributed by atoms with Crippen molar-refractivity contribution in [1.29, 1.82) is 0 Å². The van der Waals surface area contributed by atoms with Crippen LogP contribution in [-0.4, -0.2) is 0 Å². The summed E-state index contributed by atoms with van der Waals surface area (Å²) in [5, 5.41) is 5.66. The Morgan fingerprint density at radius 2 is 1.50 bits per heavy atom. The molecule has 3 aromatic rings. The molecule has 3 rings (SSSR count). The van der Waals surface area contributed by atoms with Crippen molar-refractivity contribution in [3.05, 3.63) is 91.9 Å². The maximum Gasteiger partial charge on any atom is 0.120 e. The first-order chi connectivity index (χ1) is 12.5. The number of ether oxygens (including phenoxy) is 1. The lowest BCUT2D eigenvalue weighted by atomic mass is 10.2. The van der Waals surface area contributed by atoms with E-state index in [1.165, 1.54) is 0 Å². The quantitative estimate of drug-likeness (QED) is 0.440. The molecule has 0 amide bonds. The molecule has 0 atom stereocenters. The van der Waals surface area contributed by atoms with Crippen molar-refractivity contribution in [1.82, 2.24) is 0 Å². The summed E-state index contributed by atoms with van der Waals surface area (Å²) in [4.78, 5) is 0. The summed E-state index contributed by atoms with van der Waals surface area (Å²) >= 11 is 24.4. The van der Waals surface area contributed by atoms with Crippen molar-refractivity contribution >= 4 is 52.1 Å². The molecule has 6 heteroatoms. The average molecular weight is 427 g/mol. The molecule has 0 fully saturated rings. The van der Waals surface area contributed by atoms with Crippen molar-refractivity contribution in [3.63, 3.8) is 0 Å². The van der Waals surface area contributed by atoms with E-state index in [4.69, 9.17) is 51.1 Å². The van der Waals surface area contributed by atoms with Gasteiger partial charge in [0.25, 0.3) is 0 Å². The first kappa shape index (κ1) is 19.2. The monoisotopic (exact) mass is 425 g/mol. The van der Waals surface area contributed by atoms with Gasteiger partial charge in [0.15, 0.2) is 0 Å². The van der Waals surface area contributed by atoms with Crippen molar-refractivity contribution in [2.24, 2.45) is 0 Å². The number of nitrogens with one attached hydrogen (secondary N) is 1. The number of rotatable bonds is 6. The largest absolute Gasteiger partial charge is 0.489 e. The molecular weight excluding hydrogens is 412 g/mol. The molecule has 134 valence electrons. The second-order valence-electron chi connectivity index (χ2n) is 5.61. The SMILES string of the molecule is Clc1ccc(NCc2cccc(OCc3c(Cl)cccc3Cl)c2)c(Cl)c1. The highest BCUT2D eigenvalue weighted by Crippen LogP contribution is 2.27. The van der Waals surface area contributed by atoms with Gasteiger partial charge in [-0.2, -0.15) is 0 Å². The molecule has 3 aromatic carbocycles. The van der Waals surface area contributed by atoms with E-state index in [9.17, 15) is 0 Å². The van der Waals surface area contributed by atoms with Crippen LogP contribution in [0, 0.1) is 0 Å². The predicted octanol–water partition coefficient (Wildman–Crippen LogP) is 7.49. The highest BCUT2D eigenvalue weighted by molar-refractivity contribution is 6.36. The van der Waals surface area contributed by atoms with Gasteiger partial charge in [-0.15, -0.1) is 0 Å². The Labute approximate surface area is 172 Å². The molecule has 0 radical (unpaired) electrons. The van der Waals surface area contributed by atoms with E-state index in [2.05, 4.69) is 5.32 Å². The van der Waals surface area contributed by atoms with Crippen molar-refractivity contribution in [2.75, 3.05) is 5.32 Å². The first-order valence-electron chi connectivity index (χ1n) is 7.86. The molecule has 0 spiro atoms. The van der Waals surface area contributed by atoms with Gasteiger partial charge in [-0.05, 0) is 48.0 Å². The van der Waals surface area contributed by atoms with E-state index in [1.54, 1.807) is 24.3 Å². The van der Waals surface area contributed by atoms with Crippen molar-refractivity contribution < 1.29 is 4.74 Å². The minimum atomic E-state index is 0.304. The topological polar surface area (TPSA) is 21.3 Å². The number of benzene rings is 3. The zero-order valence-electron chi connectivity index (χ0n) is 13.6. The molecule has 1 N–H and O–H groups in total. The van der Waals surface area contributed by atoms with Gasteiger partial charge in [0.1, 0.15) is 12.4 Å². The summed E-state index contributed by atoms with van der Waals surface area (Å²) in [6.07, 6.45) is 0. The Morgan fingerprint density at radius 3 is 2.23 bits per heavy atom. The lowest BCUT2D eigenvalue weighted by Gasteiger charge is -2.12. The molecule has 0 heterocycles. The summed E-state index contributed by atoms with van der Waals surface area (Å²) in [7, 11) is 0. The van der Waals surface area contributed by atoms with E-state index in [0.717, 1.165) is 22.6 Å². The Balaban J connectivity index is 1.64. The Kier molecular flexibility index (Phi) is 6.55. The Morgan fingerprint density at radius 1 is 0.769 bits per heavy atom. The van der Waals surface area contributed by atoms with Gasteiger partial charge in [-0.3, -0.25) is 0 Å². The van der Waals surface area contributed by atoms with E-state index in [1.807, 2.05) is 36.4 Å². The maximum absolute atomic E-state index is 6.18. The van der Waals surface area contributed by atoms with Gasteiger partial charge in [-0.25, -0.2) is 0 Å². The number of halogens is 4.